The molecular formula is C14H19N3O4S. The third-order valence-corrected chi connectivity index (χ3v) is 6.10. The Morgan fingerprint density at radius 1 is 1.27 bits per heavy atom. The Morgan fingerprint density at radius 3 is 2.55 bits per heavy atom. The smallest absolute Gasteiger partial charge is 0.248 e. The van der Waals surface area contributed by atoms with E-state index in [4.69, 9.17) is 14.7 Å². The molecule has 0 aliphatic carbocycles. The van der Waals surface area contributed by atoms with Gasteiger partial charge in [-0.3, -0.25) is 0 Å². The lowest BCUT2D eigenvalue weighted by Gasteiger charge is -2.15. The van der Waals surface area contributed by atoms with Crippen molar-refractivity contribution in [3.05, 3.63) is 35.1 Å². The van der Waals surface area contributed by atoms with E-state index in [2.05, 4.69) is 5.16 Å². The Kier molecular flexibility index (Phi) is 3.62. The van der Waals surface area contributed by atoms with E-state index in [1.165, 1.54) is 4.31 Å². The third-order valence-electron chi connectivity index (χ3n) is 4.02. The zero-order valence-electron chi connectivity index (χ0n) is 12.7. The van der Waals surface area contributed by atoms with Gasteiger partial charge < -0.3 is 14.7 Å². The Labute approximate surface area is 129 Å². The summed E-state index contributed by atoms with van der Waals surface area (Å²) in [6.45, 7) is 5.60. The lowest BCUT2D eigenvalue weighted by Crippen LogP contribution is -2.32. The van der Waals surface area contributed by atoms with Crippen molar-refractivity contribution in [3.8, 4) is 0 Å². The van der Waals surface area contributed by atoms with Crippen molar-refractivity contribution in [2.24, 2.45) is 5.73 Å². The van der Waals surface area contributed by atoms with Crippen molar-refractivity contribution >= 4 is 10.0 Å². The summed E-state index contributed by atoms with van der Waals surface area (Å²) >= 11 is 0. The van der Waals surface area contributed by atoms with Crippen LogP contribution in [0.5, 0.6) is 0 Å². The summed E-state index contributed by atoms with van der Waals surface area (Å²) in [6.07, 6.45) is 0. The fourth-order valence-corrected chi connectivity index (χ4v) is 4.71. The van der Waals surface area contributed by atoms with Gasteiger partial charge in [0.2, 0.25) is 10.0 Å². The number of sulfonamides is 1. The summed E-state index contributed by atoms with van der Waals surface area (Å²) in [4.78, 5) is 0.135. The number of furan rings is 1. The summed E-state index contributed by atoms with van der Waals surface area (Å²) in [5.41, 5.74) is 6.50. The topological polar surface area (TPSA) is 103 Å². The molecule has 2 atom stereocenters. The molecule has 2 aromatic heterocycles. The highest BCUT2D eigenvalue weighted by Crippen LogP contribution is 2.33. The number of hydrogen-bond acceptors (Lipinski definition) is 6. The largest absolute Gasteiger partial charge is 0.466 e. The molecule has 1 saturated heterocycles. The molecule has 7 nitrogen and oxygen atoms in total. The van der Waals surface area contributed by atoms with Gasteiger partial charge in [0, 0.05) is 25.0 Å². The Hall–Kier alpha value is -1.64. The highest BCUT2D eigenvalue weighted by molar-refractivity contribution is 7.89. The SMILES string of the molecule is Cc1ccc([C@H]2CN(S(=O)(=O)c3c(C)noc3C)C[C@@H]2N)o1. The molecular weight excluding hydrogens is 306 g/mol. The van der Waals surface area contributed by atoms with E-state index in [9.17, 15) is 8.42 Å². The monoisotopic (exact) mass is 325 g/mol. The minimum atomic E-state index is -3.67. The fourth-order valence-electron chi connectivity index (χ4n) is 2.91. The molecule has 0 saturated carbocycles. The number of nitrogens with zero attached hydrogens (tertiary/aromatic N) is 2. The van der Waals surface area contributed by atoms with Crippen LogP contribution in [-0.4, -0.2) is 37.0 Å². The molecule has 22 heavy (non-hydrogen) atoms. The van der Waals surface area contributed by atoms with Crippen LogP contribution in [0.2, 0.25) is 0 Å². The molecule has 1 fully saturated rings. The summed E-state index contributed by atoms with van der Waals surface area (Å²) in [7, 11) is -3.67. The third kappa shape index (κ3) is 2.37. The van der Waals surface area contributed by atoms with Crippen LogP contribution < -0.4 is 5.73 Å². The zero-order valence-corrected chi connectivity index (χ0v) is 13.6. The van der Waals surface area contributed by atoms with Crippen molar-refractivity contribution in [3.63, 3.8) is 0 Å². The van der Waals surface area contributed by atoms with E-state index in [1.807, 2.05) is 19.1 Å². The second-order valence-corrected chi connectivity index (χ2v) is 7.57. The van der Waals surface area contributed by atoms with Gasteiger partial charge in [-0.25, -0.2) is 8.42 Å². The van der Waals surface area contributed by atoms with Crippen LogP contribution in [0.4, 0.5) is 0 Å². The van der Waals surface area contributed by atoms with Crippen LogP contribution in [0, 0.1) is 20.8 Å². The van der Waals surface area contributed by atoms with Gasteiger partial charge in [-0.2, -0.15) is 4.31 Å². The first-order valence-electron chi connectivity index (χ1n) is 7.05. The molecule has 2 N–H and O–H groups in total. The number of hydrogen-bond donors (Lipinski definition) is 1. The van der Waals surface area contributed by atoms with Crippen LogP contribution in [0.15, 0.2) is 26.0 Å². The molecule has 120 valence electrons. The molecule has 8 heteroatoms. The van der Waals surface area contributed by atoms with E-state index in [1.54, 1.807) is 13.8 Å². The first-order chi connectivity index (χ1) is 10.3. The van der Waals surface area contributed by atoms with Crippen molar-refractivity contribution in [2.75, 3.05) is 13.1 Å². The summed E-state index contributed by atoms with van der Waals surface area (Å²) in [6, 6.07) is 3.40. The summed E-state index contributed by atoms with van der Waals surface area (Å²) in [5.74, 6) is 1.66. The van der Waals surface area contributed by atoms with Crippen molar-refractivity contribution in [1.29, 1.82) is 0 Å². The molecule has 1 aliphatic rings. The zero-order chi connectivity index (χ0) is 16.1. The Bertz CT molecular complexity index is 773. The van der Waals surface area contributed by atoms with E-state index < -0.39 is 10.0 Å². The van der Waals surface area contributed by atoms with Gasteiger partial charge in [-0.1, -0.05) is 5.16 Å². The number of aromatic nitrogens is 1. The molecule has 0 unspecified atom stereocenters. The molecule has 2 aromatic rings. The molecule has 0 spiro atoms. The standard InChI is InChI=1S/C14H19N3O4S/c1-8-4-5-13(20-8)11-6-17(7-12(11)15)22(18,19)14-9(2)16-21-10(14)3/h4-5,11-12H,6-7,15H2,1-3H3/t11-,12-/m0/s1. The minimum absolute atomic E-state index is 0.135. The lowest BCUT2D eigenvalue weighted by atomic mass is 10.0. The highest BCUT2D eigenvalue weighted by Gasteiger charge is 2.41. The van der Waals surface area contributed by atoms with Crippen LogP contribution in [0.1, 0.15) is 28.9 Å². The maximum Gasteiger partial charge on any atom is 0.248 e. The Morgan fingerprint density at radius 2 is 2.00 bits per heavy atom. The lowest BCUT2D eigenvalue weighted by molar-refractivity contribution is 0.389. The molecule has 3 rings (SSSR count). The van der Waals surface area contributed by atoms with Gasteiger partial charge in [0.05, 0.1) is 0 Å². The predicted octanol–water partition coefficient (Wildman–Crippen LogP) is 1.31. The first kappa shape index (κ1) is 15.3. The van der Waals surface area contributed by atoms with Gasteiger partial charge in [-0.15, -0.1) is 0 Å². The first-order valence-corrected chi connectivity index (χ1v) is 8.49. The quantitative estimate of drug-likeness (QED) is 0.912. The van der Waals surface area contributed by atoms with Crippen LogP contribution in [-0.2, 0) is 10.0 Å². The second kappa shape index (κ2) is 5.22. The summed E-state index contributed by atoms with van der Waals surface area (Å²) < 4.78 is 37.6. The van der Waals surface area contributed by atoms with Gasteiger partial charge in [0.25, 0.3) is 0 Å². The number of nitrogens with two attached hydrogens (primary N) is 1. The molecule has 1 aliphatic heterocycles. The molecule has 0 bridgehead atoms. The second-order valence-electron chi connectivity index (χ2n) is 5.69. The van der Waals surface area contributed by atoms with Crippen molar-refractivity contribution in [2.45, 2.75) is 37.6 Å². The predicted molar refractivity (Wildman–Crippen MR) is 78.9 cm³/mol. The van der Waals surface area contributed by atoms with Crippen LogP contribution in [0.25, 0.3) is 0 Å². The van der Waals surface area contributed by atoms with Crippen molar-refractivity contribution < 1.29 is 17.4 Å². The normalized spacial score (nSPS) is 23.3. The molecule has 0 aromatic carbocycles. The molecule has 3 heterocycles. The summed E-state index contributed by atoms with van der Waals surface area (Å²) in [5, 5.41) is 3.72. The number of rotatable bonds is 3. The molecule has 0 amide bonds. The minimum Gasteiger partial charge on any atom is -0.466 e. The van der Waals surface area contributed by atoms with E-state index in [-0.39, 0.29) is 23.4 Å². The van der Waals surface area contributed by atoms with Gasteiger partial charge in [-0.05, 0) is 32.9 Å². The Balaban J connectivity index is 1.91. The van der Waals surface area contributed by atoms with Gasteiger partial charge >= 0.3 is 0 Å². The van der Waals surface area contributed by atoms with Gasteiger partial charge in [0.15, 0.2) is 5.76 Å². The highest BCUT2D eigenvalue weighted by atomic mass is 32.2. The van der Waals surface area contributed by atoms with Crippen LogP contribution >= 0.6 is 0 Å². The molecule has 0 radical (unpaired) electrons. The maximum absolute atomic E-state index is 12.8. The average Bonchev–Trinajstić information content (AvgIpc) is 3.10. The maximum atomic E-state index is 12.8. The van der Waals surface area contributed by atoms with E-state index in [0.717, 1.165) is 11.5 Å². The fraction of sp³-hybridized carbons (Fsp3) is 0.500. The van der Waals surface area contributed by atoms with Crippen LogP contribution in [0.3, 0.4) is 0 Å². The van der Waals surface area contributed by atoms with Crippen molar-refractivity contribution in [1.82, 2.24) is 9.46 Å². The van der Waals surface area contributed by atoms with E-state index >= 15 is 0 Å². The van der Waals surface area contributed by atoms with Gasteiger partial charge in [0.1, 0.15) is 22.1 Å². The average molecular weight is 325 g/mol. The van der Waals surface area contributed by atoms with E-state index in [0.29, 0.717) is 18.0 Å². The number of aryl methyl sites for hydroxylation is 3.